The molecule has 0 spiro atoms. The number of benzene rings is 1. The lowest BCUT2D eigenvalue weighted by Crippen LogP contribution is -2.29. The van der Waals surface area contributed by atoms with Crippen LogP contribution in [0.15, 0.2) is 54.7 Å². The number of hydrogen-bond donors (Lipinski definition) is 1. The number of thiophene rings is 1. The predicted octanol–water partition coefficient (Wildman–Crippen LogP) is 4.27. The van der Waals surface area contributed by atoms with Crippen molar-refractivity contribution in [3.05, 3.63) is 75.6 Å². The van der Waals surface area contributed by atoms with Gasteiger partial charge in [0.2, 0.25) is 0 Å². The third-order valence-electron chi connectivity index (χ3n) is 4.40. The summed E-state index contributed by atoms with van der Waals surface area (Å²) in [6.07, 6.45) is 2.62. The number of amides is 1. The van der Waals surface area contributed by atoms with Gasteiger partial charge in [-0.1, -0.05) is 18.2 Å². The maximum atomic E-state index is 13.1. The van der Waals surface area contributed by atoms with Crippen molar-refractivity contribution in [2.75, 3.05) is 16.8 Å². The Morgan fingerprint density at radius 3 is 2.92 bits per heavy atom. The Bertz CT molecular complexity index is 919. The molecule has 3 heterocycles. The van der Waals surface area contributed by atoms with E-state index in [4.69, 9.17) is 0 Å². The van der Waals surface area contributed by atoms with E-state index in [1.165, 1.54) is 15.3 Å². The van der Waals surface area contributed by atoms with E-state index in [0.29, 0.717) is 17.9 Å². The highest BCUT2D eigenvalue weighted by molar-refractivity contribution is 7.11. The molecule has 1 amide bonds. The molecule has 0 aliphatic carbocycles. The van der Waals surface area contributed by atoms with Gasteiger partial charge in [0.05, 0.1) is 12.1 Å². The Morgan fingerprint density at radius 2 is 2.08 bits per heavy atom. The topological polar surface area (TPSA) is 45.2 Å². The molecule has 0 radical (unpaired) electrons. The van der Waals surface area contributed by atoms with Crippen LogP contribution in [-0.2, 0) is 13.0 Å². The molecule has 1 aromatic carbocycles. The van der Waals surface area contributed by atoms with Gasteiger partial charge in [-0.2, -0.15) is 0 Å². The number of para-hydroxylation sites is 1. The van der Waals surface area contributed by atoms with Crippen molar-refractivity contribution in [3.63, 3.8) is 0 Å². The molecule has 4 rings (SSSR count). The zero-order valence-electron chi connectivity index (χ0n) is 14.0. The van der Waals surface area contributed by atoms with Gasteiger partial charge in [-0.15, -0.1) is 11.3 Å². The fraction of sp³-hybridized carbons (Fsp3) is 0.200. The molecule has 2 aromatic heterocycles. The fourth-order valence-electron chi connectivity index (χ4n) is 3.16. The van der Waals surface area contributed by atoms with E-state index in [2.05, 4.69) is 35.4 Å². The molecule has 1 aliphatic rings. The van der Waals surface area contributed by atoms with E-state index in [9.17, 15) is 4.79 Å². The predicted molar refractivity (Wildman–Crippen MR) is 102 cm³/mol. The molecule has 5 heteroatoms. The maximum Gasteiger partial charge on any atom is 0.262 e. The van der Waals surface area contributed by atoms with Gasteiger partial charge in [0.25, 0.3) is 5.91 Å². The van der Waals surface area contributed by atoms with Crippen LogP contribution in [0.2, 0.25) is 0 Å². The molecule has 0 saturated heterocycles. The van der Waals surface area contributed by atoms with Crippen molar-refractivity contribution in [3.8, 4) is 0 Å². The monoisotopic (exact) mass is 349 g/mol. The highest BCUT2D eigenvalue weighted by Gasteiger charge is 2.26. The minimum absolute atomic E-state index is 0.00269. The molecule has 1 N–H and O–H groups in total. The Labute approximate surface area is 151 Å². The summed E-state index contributed by atoms with van der Waals surface area (Å²) < 4.78 is 0. The molecule has 25 heavy (non-hydrogen) atoms. The van der Waals surface area contributed by atoms with Crippen LogP contribution in [0.5, 0.6) is 0 Å². The number of fused-ring (bicyclic) bond motifs is 1. The zero-order chi connectivity index (χ0) is 17.2. The van der Waals surface area contributed by atoms with Crippen molar-refractivity contribution in [1.82, 2.24) is 4.98 Å². The van der Waals surface area contributed by atoms with Gasteiger partial charge < -0.3 is 10.2 Å². The van der Waals surface area contributed by atoms with Gasteiger partial charge in [-0.05, 0) is 49.2 Å². The second-order valence-corrected chi connectivity index (χ2v) is 7.47. The summed E-state index contributed by atoms with van der Waals surface area (Å²) in [5.74, 6) is 0.644. The summed E-state index contributed by atoms with van der Waals surface area (Å²) in [4.78, 5) is 21.9. The normalized spacial score (nSPS) is 12.9. The minimum Gasteiger partial charge on any atom is -0.365 e. The molecule has 0 fully saturated rings. The molecule has 0 bridgehead atoms. The number of aryl methyl sites for hydroxylation is 1. The van der Waals surface area contributed by atoms with Crippen LogP contribution in [0.3, 0.4) is 0 Å². The largest absolute Gasteiger partial charge is 0.365 e. The van der Waals surface area contributed by atoms with Crippen LogP contribution in [0.4, 0.5) is 11.5 Å². The van der Waals surface area contributed by atoms with E-state index >= 15 is 0 Å². The van der Waals surface area contributed by atoms with Gasteiger partial charge in [0.15, 0.2) is 0 Å². The standard InChI is InChI=1S/C20H19N3OS/c1-14-8-9-16(25-14)13-22-19-17(6-4-11-21-19)20(24)23-12-10-15-5-2-3-7-18(15)23/h2-9,11H,10,12-13H2,1H3,(H,21,22). The number of anilines is 2. The SMILES string of the molecule is Cc1ccc(CNc2ncccc2C(=O)N2CCc3ccccc32)s1. The van der Waals surface area contributed by atoms with E-state index in [1.807, 2.05) is 35.2 Å². The maximum absolute atomic E-state index is 13.1. The summed E-state index contributed by atoms with van der Waals surface area (Å²) in [6.45, 7) is 3.48. The number of rotatable bonds is 4. The van der Waals surface area contributed by atoms with Crippen molar-refractivity contribution >= 4 is 28.7 Å². The molecule has 0 atom stereocenters. The highest BCUT2D eigenvalue weighted by atomic mass is 32.1. The molecule has 0 saturated carbocycles. The lowest BCUT2D eigenvalue weighted by molar-refractivity contribution is 0.0990. The van der Waals surface area contributed by atoms with Crippen molar-refractivity contribution in [2.24, 2.45) is 0 Å². The first kappa shape index (κ1) is 15.8. The summed E-state index contributed by atoms with van der Waals surface area (Å²) in [5.41, 5.74) is 2.85. The van der Waals surface area contributed by atoms with Crippen LogP contribution in [0.1, 0.15) is 25.7 Å². The fourth-order valence-corrected chi connectivity index (χ4v) is 3.99. The molecular weight excluding hydrogens is 330 g/mol. The van der Waals surface area contributed by atoms with E-state index in [1.54, 1.807) is 17.5 Å². The Balaban J connectivity index is 1.57. The number of carbonyl (C=O) groups is 1. The van der Waals surface area contributed by atoms with Gasteiger partial charge >= 0.3 is 0 Å². The lowest BCUT2D eigenvalue weighted by atomic mass is 10.1. The Kier molecular flexibility index (Phi) is 4.24. The number of carbonyl (C=O) groups excluding carboxylic acids is 1. The molecule has 126 valence electrons. The second kappa shape index (κ2) is 6.69. The summed E-state index contributed by atoms with van der Waals surface area (Å²) in [6, 6.07) is 16.0. The van der Waals surface area contributed by atoms with Crippen molar-refractivity contribution < 1.29 is 4.79 Å². The Morgan fingerprint density at radius 1 is 1.20 bits per heavy atom. The van der Waals surface area contributed by atoms with Gasteiger partial charge in [-0.3, -0.25) is 4.79 Å². The first-order chi connectivity index (χ1) is 12.2. The quantitative estimate of drug-likeness (QED) is 0.765. The second-order valence-electron chi connectivity index (χ2n) is 6.10. The number of nitrogens with zero attached hydrogens (tertiary/aromatic N) is 2. The first-order valence-corrected chi connectivity index (χ1v) is 9.18. The van der Waals surface area contributed by atoms with Crippen LogP contribution in [-0.4, -0.2) is 17.4 Å². The molecule has 1 aliphatic heterocycles. The highest BCUT2D eigenvalue weighted by Crippen LogP contribution is 2.30. The molecular formula is C20H19N3OS. The van der Waals surface area contributed by atoms with Crippen molar-refractivity contribution in [2.45, 2.75) is 19.9 Å². The molecule has 0 unspecified atom stereocenters. The number of pyridine rings is 1. The summed E-state index contributed by atoms with van der Waals surface area (Å²) >= 11 is 1.75. The Hall–Kier alpha value is -2.66. The molecule has 4 nitrogen and oxygen atoms in total. The third-order valence-corrected chi connectivity index (χ3v) is 5.40. The van der Waals surface area contributed by atoms with Crippen LogP contribution >= 0.6 is 11.3 Å². The minimum atomic E-state index is 0.00269. The van der Waals surface area contributed by atoms with Crippen LogP contribution < -0.4 is 10.2 Å². The van der Waals surface area contributed by atoms with Crippen molar-refractivity contribution in [1.29, 1.82) is 0 Å². The lowest BCUT2D eigenvalue weighted by Gasteiger charge is -2.19. The smallest absolute Gasteiger partial charge is 0.262 e. The van der Waals surface area contributed by atoms with Crippen LogP contribution in [0, 0.1) is 6.92 Å². The number of hydrogen-bond acceptors (Lipinski definition) is 4. The van der Waals surface area contributed by atoms with Gasteiger partial charge in [0, 0.05) is 28.2 Å². The average molecular weight is 349 g/mol. The summed E-state index contributed by atoms with van der Waals surface area (Å²) in [5, 5.41) is 3.32. The van der Waals surface area contributed by atoms with Gasteiger partial charge in [0.1, 0.15) is 5.82 Å². The first-order valence-electron chi connectivity index (χ1n) is 8.36. The third kappa shape index (κ3) is 3.15. The zero-order valence-corrected chi connectivity index (χ0v) is 14.8. The van der Waals surface area contributed by atoms with E-state index < -0.39 is 0 Å². The molecule has 3 aromatic rings. The van der Waals surface area contributed by atoms with E-state index in [0.717, 1.165) is 18.7 Å². The summed E-state index contributed by atoms with van der Waals surface area (Å²) in [7, 11) is 0. The number of aromatic nitrogens is 1. The van der Waals surface area contributed by atoms with E-state index in [-0.39, 0.29) is 5.91 Å². The number of nitrogens with one attached hydrogen (secondary N) is 1. The van der Waals surface area contributed by atoms with Crippen LogP contribution in [0.25, 0.3) is 0 Å². The van der Waals surface area contributed by atoms with Gasteiger partial charge in [-0.25, -0.2) is 4.98 Å². The average Bonchev–Trinajstić information content (AvgIpc) is 3.26.